The summed E-state index contributed by atoms with van der Waals surface area (Å²) < 4.78 is 5.16. The highest BCUT2D eigenvalue weighted by Gasteiger charge is 2.07. The Bertz CT molecular complexity index is 686. The largest absolute Gasteiger partial charge is 0.497 e. The van der Waals surface area contributed by atoms with E-state index in [2.05, 4.69) is 32.7 Å². The van der Waals surface area contributed by atoms with Gasteiger partial charge in [-0.1, -0.05) is 12.1 Å². The molecule has 1 heterocycles. The molecule has 0 spiro atoms. The molecule has 0 saturated carbocycles. The summed E-state index contributed by atoms with van der Waals surface area (Å²) in [6, 6.07) is 11.7. The smallest absolute Gasteiger partial charge is 0.269 e. The summed E-state index contributed by atoms with van der Waals surface area (Å²) in [7, 11) is 5.70. The van der Waals surface area contributed by atoms with Crippen molar-refractivity contribution in [3.63, 3.8) is 0 Å². The number of rotatable bonds is 10. The second-order valence-corrected chi connectivity index (χ2v) is 6.37. The van der Waals surface area contributed by atoms with Crippen LogP contribution in [0.5, 0.6) is 5.75 Å². The van der Waals surface area contributed by atoms with E-state index in [4.69, 9.17) is 4.74 Å². The predicted molar refractivity (Wildman–Crippen MR) is 105 cm³/mol. The van der Waals surface area contributed by atoms with Crippen molar-refractivity contribution in [1.82, 2.24) is 15.2 Å². The van der Waals surface area contributed by atoms with Crippen LogP contribution in [0.4, 0.5) is 5.69 Å². The van der Waals surface area contributed by atoms with Crippen LogP contribution in [-0.2, 0) is 6.42 Å². The summed E-state index contributed by atoms with van der Waals surface area (Å²) in [5.74, 6) is 0.722. The van der Waals surface area contributed by atoms with Gasteiger partial charge in [0.05, 0.1) is 7.11 Å². The van der Waals surface area contributed by atoms with Crippen LogP contribution in [0.1, 0.15) is 22.5 Å². The maximum absolute atomic E-state index is 12.2. The second kappa shape index (κ2) is 10.4. The first-order chi connectivity index (χ1) is 12.6. The summed E-state index contributed by atoms with van der Waals surface area (Å²) in [5.41, 5.74) is 2.56. The normalized spacial score (nSPS) is 10.6. The van der Waals surface area contributed by atoms with Gasteiger partial charge in [-0.3, -0.25) is 9.78 Å². The fourth-order valence-corrected chi connectivity index (χ4v) is 2.50. The standard InChI is InChI=1S/C20H28N4O2/c1-24(2)14-4-11-23-20(25)19-15-17(10-13-22-19)21-12-9-16-5-7-18(26-3)8-6-16/h5-8,10,13,15H,4,9,11-12,14H2,1-3H3,(H,21,22)(H,23,25). The van der Waals surface area contributed by atoms with Crippen LogP contribution in [0.25, 0.3) is 0 Å². The van der Waals surface area contributed by atoms with Gasteiger partial charge < -0.3 is 20.3 Å². The first kappa shape index (κ1) is 19.7. The van der Waals surface area contributed by atoms with Crippen molar-refractivity contribution >= 4 is 11.6 Å². The van der Waals surface area contributed by atoms with E-state index in [1.165, 1.54) is 5.56 Å². The zero-order valence-electron chi connectivity index (χ0n) is 15.8. The molecule has 140 valence electrons. The minimum Gasteiger partial charge on any atom is -0.497 e. The molecule has 2 N–H and O–H groups in total. The van der Waals surface area contributed by atoms with Gasteiger partial charge in [0.25, 0.3) is 5.91 Å². The Morgan fingerprint density at radius 3 is 2.62 bits per heavy atom. The van der Waals surface area contributed by atoms with Crippen LogP contribution in [0, 0.1) is 0 Å². The Kier molecular flexibility index (Phi) is 7.89. The molecule has 2 rings (SSSR count). The minimum atomic E-state index is -0.137. The number of hydrogen-bond donors (Lipinski definition) is 2. The fraction of sp³-hybridized carbons (Fsp3) is 0.400. The Morgan fingerprint density at radius 2 is 1.92 bits per heavy atom. The summed E-state index contributed by atoms with van der Waals surface area (Å²) >= 11 is 0. The molecule has 1 amide bonds. The summed E-state index contributed by atoms with van der Waals surface area (Å²) in [6.45, 7) is 2.37. The van der Waals surface area contributed by atoms with Gasteiger partial charge in [-0.15, -0.1) is 0 Å². The van der Waals surface area contributed by atoms with Crippen LogP contribution >= 0.6 is 0 Å². The van der Waals surface area contributed by atoms with Gasteiger partial charge in [0, 0.05) is 25.0 Å². The molecule has 0 bridgehead atoms. The Morgan fingerprint density at radius 1 is 1.15 bits per heavy atom. The lowest BCUT2D eigenvalue weighted by molar-refractivity contribution is 0.0947. The van der Waals surface area contributed by atoms with E-state index in [1.807, 2.05) is 32.3 Å². The lowest BCUT2D eigenvalue weighted by atomic mass is 10.1. The van der Waals surface area contributed by atoms with Gasteiger partial charge in [0.2, 0.25) is 0 Å². The Labute approximate surface area is 155 Å². The predicted octanol–water partition coefficient (Wildman–Crippen LogP) is 2.43. The van der Waals surface area contributed by atoms with E-state index in [9.17, 15) is 4.79 Å². The zero-order valence-corrected chi connectivity index (χ0v) is 15.8. The quantitative estimate of drug-likeness (QED) is 0.640. The van der Waals surface area contributed by atoms with Gasteiger partial charge in [0.15, 0.2) is 0 Å². The number of carbonyl (C=O) groups excluding carboxylic acids is 1. The molecule has 0 fully saturated rings. The highest BCUT2D eigenvalue weighted by Crippen LogP contribution is 2.12. The number of hydrogen-bond acceptors (Lipinski definition) is 5. The van der Waals surface area contributed by atoms with Crippen molar-refractivity contribution in [2.75, 3.05) is 46.2 Å². The van der Waals surface area contributed by atoms with Crippen molar-refractivity contribution in [2.24, 2.45) is 0 Å². The number of carbonyl (C=O) groups is 1. The third kappa shape index (κ3) is 6.72. The van der Waals surface area contributed by atoms with E-state index in [-0.39, 0.29) is 5.91 Å². The minimum absolute atomic E-state index is 0.137. The molecule has 1 aromatic carbocycles. The number of pyridine rings is 1. The molecule has 0 aliphatic carbocycles. The first-order valence-corrected chi connectivity index (χ1v) is 8.84. The monoisotopic (exact) mass is 356 g/mol. The summed E-state index contributed by atoms with van der Waals surface area (Å²) in [4.78, 5) is 18.4. The third-order valence-corrected chi connectivity index (χ3v) is 3.96. The lowest BCUT2D eigenvalue weighted by Gasteiger charge is -2.10. The van der Waals surface area contributed by atoms with Crippen LogP contribution in [-0.4, -0.2) is 56.6 Å². The third-order valence-electron chi connectivity index (χ3n) is 3.96. The van der Waals surface area contributed by atoms with Gasteiger partial charge in [-0.2, -0.15) is 0 Å². The van der Waals surface area contributed by atoms with Crippen LogP contribution < -0.4 is 15.4 Å². The van der Waals surface area contributed by atoms with Crippen LogP contribution in [0.2, 0.25) is 0 Å². The number of ether oxygens (including phenoxy) is 1. The van der Waals surface area contributed by atoms with E-state index >= 15 is 0 Å². The maximum atomic E-state index is 12.2. The molecule has 0 atom stereocenters. The number of nitrogens with one attached hydrogen (secondary N) is 2. The molecule has 1 aromatic heterocycles. The molecule has 0 aliphatic rings. The van der Waals surface area contributed by atoms with Gasteiger partial charge in [-0.25, -0.2) is 0 Å². The maximum Gasteiger partial charge on any atom is 0.269 e. The number of amides is 1. The first-order valence-electron chi connectivity index (χ1n) is 8.84. The molecule has 0 aliphatic heterocycles. The van der Waals surface area contributed by atoms with Crippen molar-refractivity contribution in [2.45, 2.75) is 12.8 Å². The van der Waals surface area contributed by atoms with Gasteiger partial charge in [0.1, 0.15) is 11.4 Å². The molecule has 6 nitrogen and oxygen atoms in total. The van der Waals surface area contributed by atoms with E-state index < -0.39 is 0 Å². The van der Waals surface area contributed by atoms with Crippen molar-refractivity contribution in [3.8, 4) is 5.75 Å². The van der Waals surface area contributed by atoms with E-state index in [0.29, 0.717) is 12.2 Å². The molecular weight excluding hydrogens is 328 g/mol. The number of methoxy groups -OCH3 is 1. The lowest BCUT2D eigenvalue weighted by Crippen LogP contribution is -2.27. The van der Waals surface area contributed by atoms with Crippen LogP contribution in [0.3, 0.4) is 0 Å². The molecule has 26 heavy (non-hydrogen) atoms. The molecule has 0 unspecified atom stereocenters. The van der Waals surface area contributed by atoms with Gasteiger partial charge >= 0.3 is 0 Å². The summed E-state index contributed by atoms with van der Waals surface area (Å²) in [5, 5.41) is 6.25. The summed E-state index contributed by atoms with van der Waals surface area (Å²) in [6.07, 6.45) is 3.46. The number of anilines is 1. The molecule has 0 radical (unpaired) electrons. The fourth-order valence-electron chi connectivity index (χ4n) is 2.50. The van der Waals surface area contributed by atoms with Crippen molar-refractivity contribution in [1.29, 1.82) is 0 Å². The number of nitrogens with zero attached hydrogens (tertiary/aromatic N) is 2. The molecule has 2 aromatic rings. The molecule has 0 saturated heterocycles. The van der Waals surface area contributed by atoms with Crippen molar-refractivity contribution in [3.05, 3.63) is 53.9 Å². The zero-order chi connectivity index (χ0) is 18.8. The molecule has 6 heteroatoms. The van der Waals surface area contributed by atoms with E-state index in [0.717, 1.165) is 37.4 Å². The Balaban J connectivity index is 1.79. The Hall–Kier alpha value is -2.60. The molecular formula is C20H28N4O2. The SMILES string of the molecule is COc1ccc(CCNc2ccnc(C(=O)NCCCN(C)C)c2)cc1. The van der Waals surface area contributed by atoms with Crippen molar-refractivity contribution < 1.29 is 9.53 Å². The highest BCUT2D eigenvalue weighted by molar-refractivity contribution is 5.93. The number of benzene rings is 1. The average molecular weight is 356 g/mol. The second-order valence-electron chi connectivity index (χ2n) is 6.37. The highest BCUT2D eigenvalue weighted by atomic mass is 16.5. The van der Waals surface area contributed by atoms with E-state index in [1.54, 1.807) is 19.4 Å². The average Bonchev–Trinajstić information content (AvgIpc) is 2.66. The van der Waals surface area contributed by atoms with Gasteiger partial charge in [-0.05, 0) is 63.3 Å². The number of aromatic nitrogens is 1. The topological polar surface area (TPSA) is 66.5 Å². The van der Waals surface area contributed by atoms with Crippen LogP contribution in [0.15, 0.2) is 42.6 Å².